The first-order chi connectivity index (χ1) is 9.42. The number of hydrogen-bond acceptors (Lipinski definition) is 3. The number of benzene rings is 1. The van der Waals surface area contributed by atoms with E-state index in [0.29, 0.717) is 22.5 Å². The Labute approximate surface area is 123 Å². The van der Waals surface area contributed by atoms with Gasteiger partial charge in [-0.3, -0.25) is 0 Å². The topological polar surface area (TPSA) is 59.1 Å². The number of rotatable bonds is 4. The van der Waals surface area contributed by atoms with Crippen molar-refractivity contribution >= 4 is 32.5 Å². The number of hydrogen-bond donors (Lipinski definition) is 1. The van der Waals surface area contributed by atoms with E-state index in [-0.39, 0.29) is 10.9 Å². The second-order valence-corrected chi connectivity index (χ2v) is 6.52. The molecule has 104 valence electrons. The maximum absolute atomic E-state index is 12.2. The standard InChI is InChI=1S/C14H13ClN2O2S/c1-3-4-10(2)17-20(18,19)12-6-7-13-11(9-12)5-8-14(15)16-13/h1,5-10,17H,4H2,2H3. The average Bonchev–Trinajstić information content (AvgIpc) is 2.37. The highest BCUT2D eigenvalue weighted by Gasteiger charge is 2.17. The van der Waals surface area contributed by atoms with Crippen LogP contribution in [0.5, 0.6) is 0 Å². The average molecular weight is 309 g/mol. The molecule has 1 N–H and O–H groups in total. The second kappa shape index (κ2) is 5.80. The van der Waals surface area contributed by atoms with E-state index in [0.717, 1.165) is 0 Å². The van der Waals surface area contributed by atoms with E-state index < -0.39 is 10.0 Å². The summed E-state index contributed by atoms with van der Waals surface area (Å²) in [7, 11) is -3.59. The van der Waals surface area contributed by atoms with Crippen LogP contribution in [0.25, 0.3) is 10.9 Å². The van der Waals surface area contributed by atoms with Crippen LogP contribution >= 0.6 is 11.6 Å². The Kier molecular flexibility index (Phi) is 4.29. The van der Waals surface area contributed by atoms with Crippen molar-refractivity contribution in [3.63, 3.8) is 0 Å². The maximum atomic E-state index is 12.2. The van der Waals surface area contributed by atoms with E-state index in [1.54, 1.807) is 31.2 Å². The van der Waals surface area contributed by atoms with Gasteiger partial charge in [0.1, 0.15) is 5.15 Å². The zero-order valence-corrected chi connectivity index (χ0v) is 12.4. The molecule has 1 atom stereocenters. The highest BCUT2D eigenvalue weighted by molar-refractivity contribution is 7.89. The van der Waals surface area contributed by atoms with Crippen molar-refractivity contribution in [3.05, 3.63) is 35.5 Å². The summed E-state index contributed by atoms with van der Waals surface area (Å²) < 4.78 is 26.9. The van der Waals surface area contributed by atoms with Gasteiger partial charge in [-0.05, 0) is 37.3 Å². The smallest absolute Gasteiger partial charge is 0.236 e. The van der Waals surface area contributed by atoms with Crippen molar-refractivity contribution in [2.24, 2.45) is 0 Å². The lowest BCUT2D eigenvalue weighted by Crippen LogP contribution is -2.32. The molecule has 1 heterocycles. The monoisotopic (exact) mass is 308 g/mol. The van der Waals surface area contributed by atoms with Crippen molar-refractivity contribution in [2.75, 3.05) is 0 Å². The summed E-state index contributed by atoms with van der Waals surface area (Å²) in [6.45, 7) is 1.72. The molecule has 2 aromatic rings. The van der Waals surface area contributed by atoms with Gasteiger partial charge in [0.25, 0.3) is 0 Å². The van der Waals surface area contributed by atoms with Crippen LogP contribution in [0.3, 0.4) is 0 Å². The molecule has 20 heavy (non-hydrogen) atoms. The number of pyridine rings is 1. The zero-order chi connectivity index (χ0) is 14.8. The SMILES string of the molecule is C#CCC(C)NS(=O)(=O)c1ccc2nc(Cl)ccc2c1. The molecule has 0 amide bonds. The summed E-state index contributed by atoms with van der Waals surface area (Å²) in [5, 5.41) is 1.08. The lowest BCUT2D eigenvalue weighted by molar-refractivity contribution is 0.564. The minimum Gasteiger partial charge on any atom is -0.236 e. The number of nitrogens with zero attached hydrogens (tertiary/aromatic N) is 1. The highest BCUT2D eigenvalue weighted by atomic mass is 35.5. The van der Waals surface area contributed by atoms with Crippen LogP contribution in [0, 0.1) is 12.3 Å². The van der Waals surface area contributed by atoms with Gasteiger partial charge in [-0.2, -0.15) is 0 Å². The van der Waals surface area contributed by atoms with Crippen molar-refractivity contribution < 1.29 is 8.42 Å². The number of aromatic nitrogens is 1. The first-order valence-electron chi connectivity index (χ1n) is 5.94. The van der Waals surface area contributed by atoms with E-state index in [1.807, 2.05) is 0 Å². The van der Waals surface area contributed by atoms with Crippen molar-refractivity contribution in [2.45, 2.75) is 24.3 Å². The molecule has 1 aromatic heterocycles. The fraction of sp³-hybridized carbons (Fsp3) is 0.214. The van der Waals surface area contributed by atoms with Crippen LogP contribution in [0.2, 0.25) is 5.15 Å². The summed E-state index contributed by atoms with van der Waals surface area (Å²) >= 11 is 5.79. The van der Waals surface area contributed by atoms with Gasteiger partial charge in [0, 0.05) is 17.8 Å². The Morgan fingerprint density at radius 2 is 2.15 bits per heavy atom. The predicted molar refractivity (Wildman–Crippen MR) is 80.0 cm³/mol. The Bertz CT molecular complexity index is 781. The first kappa shape index (κ1) is 14.8. The Hall–Kier alpha value is -1.61. The quantitative estimate of drug-likeness (QED) is 0.697. The molecule has 0 spiro atoms. The fourth-order valence-electron chi connectivity index (χ4n) is 1.80. The summed E-state index contributed by atoms with van der Waals surface area (Å²) in [6, 6.07) is 7.72. The summed E-state index contributed by atoms with van der Waals surface area (Å²) in [5.74, 6) is 2.43. The highest BCUT2D eigenvalue weighted by Crippen LogP contribution is 2.20. The summed E-state index contributed by atoms with van der Waals surface area (Å²) in [6.07, 6.45) is 5.51. The molecule has 0 saturated carbocycles. The number of terminal acetylenes is 1. The minimum atomic E-state index is -3.59. The Morgan fingerprint density at radius 3 is 2.85 bits per heavy atom. The molecule has 2 rings (SSSR count). The third-order valence-corrected chi connectivity index (χ3v) is 4.52. The van der Waals surface area contributed by atoms with E-state index in [1.165, 1.54) is 6.07 Å². The molecule has 1 unspecified atom stereocenters. The van der Waals surface area contributed by atoms with Gasteiger partial charge in [0.2, 0.25) is 10.0 Å². The third-order valence-electron chi connectivity index (χ3n) is 2.72. The predicted octanol–water partition coefficient (Wildman–Crippen LogP) is 2.58. The molecular formula is C14H13ClN2O2S. The van der Waals surface area contributed by atoms with Gasteiger partial charge in [-0.15, -0.1) is 12.3 Å². The van der Waals surface area contributed by atoms with Crippen LogP contribution in [0.4, 0.5) is 0 Å². The lowest BCUT2D eigenvalue weighted by atomic mass is 10.2. The minimum absolute atomic E-state index is 0.179. The normalized spacial score (nSPS) is 13.1. The molecular weight excluding hydrogens is 296 g/mol. The molecule has 0 aliphatic heterocycles. The number of fused-ring (bicyclic) bond motifs is 1. The van der Waals surface area contributed by atoms with Crippen LogP contribution in [0.15, 0.2) is 35.2 Å². The van der Waals surface area contributed by atoms with Crippen LogP contribution in [-0.2, 0) is 10.0 Å². The number of sulfonamides is 1. The van der Waals surface area contributed by atoms with Gasteiger partial charge in [-0.25, -0.2) is 18.1 Å². The first-order valence-corrected chi connectivity index (χ1v) is 7.80. The van der Waals surface area contributed by atoms with Gasteiger partial charge in [-0.1, -0.05) is 11.6 Å². The van der Waals surface area contributed by atoms with E-state index in [4.69, 9.17) is 18.0 Å². The molecule has 0 saturated heterocycles. The van der Waals surface area contributed by atoms with Crippen LogP contribution < -0.4 is 4.72 Å². The summed E-state index contributed by atoms with van der Waals surface area (Å²) in [4.78, 5) is 4.29. The summed E-state index contributed by atoms with van der Waals surface area (Å²) in [5.41, 5.74) is 0.646. The van der Waals surface area contributed by atoms with Crippen molar-refractivity contribution in [1.29, 1.82) is 0 Å². The van der Waals surface area contributed by atoms with E-state index in [9.17, 15) is 8.42 Å². The lowest BCUT2D eigenvalue weighted by Gasteiger charge is -2.12. The van der Waals surface area contributed by atoms with Gasteiger partial charge < -0.3 is 0 Å². The molecule has 0 bridgehead atoms. The van der Waals surface area contributed by atoms with E-state index >= 15 is 0 Å². The van der Waals surface area contributed by atoms with Crippen molar-refractivity contribution in [3.8, 4) is 12.3 Å². The Balaban J connectivity index is 2.37. The maximum Gasteiger partial charge on any atom is 0.240 e. The van der Waals surface area contributed by atoms with Crippen molar-refractivity contribution in [1.82, 2.24) is 9.71 Å². The molecule has 1 aromatic carbocycles. The molecule has 0 aliphatic carbocycles. The van der Waals surface area contributed by atoms with Gasteiger partial charge in [0.15, 0.2) is 0 Å². The number of halogens is 1. The Morgan fingerprint density at radius 1 is 1.40 bits per heavy atom. The molecule has 0 fully saturated rings. The largest absolute Gasteiger partial charge is 0.240 e. The molecule has 6 heteroatoms. The zero-order valence-electron chi connectivity index (χ0n) is 10.8. The molecule has 0 aliphatic rings. The van der Waals surface area contributed by atoms with E-state index in [2.05, 4.69) is 15.6 Å². The van der Waals surface area contributed by atoms with Gasteiger partial charge in [0.05, 0.1) is 10.4 Å². The number of nitrogens with one attached hydrogen (secondary N) is 1. The third kappa shape index (κ3) is 3.28. The fourth-order valence-corrected chi connectivity index (χ4v) is 3.23. The van der Waals surface area contributed by atoms with Gasteiger partial charge >= 0.3 is 0 Å². The van der Waals surface area contributed by atoms with Crippen LogP contribution in [0.1, 0.15) is 13.3 Å². The molecule has 0 radical (unpaired) electrons. The second-order valence-electron chi connectivity index (χ2n) is 4.42. The molecule has 4 nitrogen and oxygen atoms in total. The van der Waals surface area contributed by atoms with Crippen LogP contribution in [-0.4, -0.2) is 19.4 Å².